The Hall–Kier alpha value is -1.24. The van der Waals surface area contributed by atoms with Crippen molar-refractivity contribution in [1.29, 1.82) is 0 Å². The van der Waals surface area contributed by atoms with Crippen molar-refractivity contribution in [2.24, 2.45) is 0 Å². The number of nitrogens with one attached hydrogen (secondary N) is 1. The fraction of sp³-hybridized carbons (Fsp3) is 0.562. The van der Waals surface area contributed by atoms with Crippen molar-refractivity contribution in [3.63, 3.8) is 0 Å². The number of carbonyl (C=O) groups excluding carboxylic acids is 1. The number of halogens is 3. The lowest BCUT2D eigenvalue weighted by molar-refractivity contribution is -0.135. The molecule has 0 aromatic heterocycles. The van der Waals surface area contributed by atoms with Crippen LogP contribution in [-0.2, 0) is 11.3 Å². The van der Waals surface area contributed by atoms with Gasteiger partial charge in [0.15, 0.2) is 0 Å². The van der Waals surface area contributed by atoms with Gasteiger partial charge in [-0.05, 0) is 17.7 Å². The predicted octanol–water partition coefficient (Wildman–Crippen LogP) is 1.98. The molecule has 0 spiro atoms. The molecule has 2 aliphatic rings. The summed E-state index contributed by atoms with van der Waals surface area (Å²) < 4.78 is 26.4. The van der Waals surface area contributed by atoms with Gasteiger partial charge in [-0.3, -0.25) is 15.0 Å². The van der Waals surface area contributed by atoms with E-state index in [0.717, 1.165) is 25.2 Å². The SMILES string of the molecule is O=C(C1CC(F)(F)CN1)N1CCN(Cc2cccc(Cl)c2)CC1. The van der Waals surface area contributed by atoms with E-state index in [0.29, 0.717) is 18.1 Å². The van der Waals surface area contributed by atoms with Crippen LogP contribution in [0.4, 0.5) is 8.78 Å². The van der Waals surface area contributed by atoms with E-state index < -0.39 is 24.9 Å². The van der Waals surface area contributed by atoms with Crippen molar-refractivity contribution in [2.45, 2.75) is 24.9 Å². The Morgan fingerprint density at radius 3 is 2.65 bits per heavy atom. The Kier molecular flexibility index (Phi) is 4.85. The Labute approximate surface area is 139 Å². The molecule has 4 nitrogen and oxygen atoms in total. The predicted molar refractivity (Wildman–Crippen MR) is 84.7 cm³/mol. The van der Waals surface area contributed by atoms with Gasteiger partial charge in [0.25, 0.3) is 5.92 Å². The first-order chi connectivity index (χ1) is 10.9. The molecule has 1 atom stereocenters. The van der Waals surface area contributed by atoms with E-state index in [9.17, 15) is 13.6 Å². The summed E-state index contributed by atoms with van der Waals surface area (Å²) in [4.78, 5) is 16.2. The van der Waals surface area contributed by atoms with Crippen molar-refractivity contribution in [1.82, 2.24) is 15.1 Å². The van der Waals surface area contributed by atoms with Gasteiger partial charge in [-0.1, -0.05) is 23.7 Å². The van der Waals surface area contributed by atoms with Gasteiger partial charge in [0.1, 0.15) is 0 Å². The molecule has 2 aliphatic heterocycles. The first-order valence-electron chi connectivity index (χ1n) is 7.80. The lowest BCUT2D eigenvalue weighted by Gasteiger charge is -2.36. The molecule has 2 fully saturated rings. The maximum absolute atomic E-state index is 13.2. The highest BCUT2D eigenvalue weighted by Gasteiger charge is 2.43. The van der Waals surface area contributed by atoms with Gasteiger partial charge in [0.2, 0.25) is 5.91 Å². The van der Waals surface area contributed by atoms with Crippen LogP contribution in [0.25, 0.3) is 0 Å². The number of nitrogens with zero attached hydrogens (tertiary/aromatic N) is 2. The zero-order valence-corrected chi connectivity index (χ0v) is 13.5. The third-order valence-electron chi connectivity index (χ3n) is 4.39. The first-order valence-corrected chi connectivity index (χ1v) is 8.17. The van der Waals surface area contributed by atoms with E-state index in [1.54, 1.807) is 4.90 Å². The highest BCUT2D eigenvalue weighted by Crippen LogP contribution is 2.26. The summed E-state index contributed by atoms with van der Waals surface area (Å²) in [5, 5.41) is 3.34. The minimum absolute atomic E-state index is 0.204. The third kappa shape index (κ3) is 4.19. The van der Waals surface area contributed by atoms with Crippen molar-refractivity contribution < 1.29 is 13.6 Å². The first kappa shape index (κ1) is 16.6. The molecule has 1 aromatic carbocycles. The number of carbonyl (C=O) groups is 1. The maximum Gasteiger partial charge on any atom is 0.262 e. The molecule has 0 saturated carbocycles. The standard InChI is InChI=1S/C16H20ClF2N3O/c17-13-3-1-2-12(8-13)10-21-4-6-22(7-5-21)15(23)14-9-16(18,19)11-20-14/h1-3,8,14,20H,4-7,9-11H2. The van der Waals surface area contributed by atoms with E-state index in [-0.39, 0.29) is 5.91 Å². The van der Waals surface area contributed by atoms with E-state index in [2.05, 4.69) is 10.2 Å². The van der Waals surface area contributed by atoms with Gasteiger partial charge < -0.3 is 4.90 Å². The average Bonchev–Trinajstić information content (AvgIpc) is 2.87. The second-order valence-corrected chi connectivity index (χ2v) is 6.66. The molecule has 1 unspecified atom stereocenters. The molecule has 1 N–H and O–H groups in total. The van der Waals surface area contributed by atoms with Gasteiger partial charge in [-0.25, -0.2) is 8.78 Å². The fourth-order valence-corrected chi connectivity index (χ4v) is 3.34. The molecule has 0 radical (unpaired) electrons. The largest absolute Gasteiger partial charge is 0.339 e. The lowest BCUT2D eigenvalue weighted by Crippen LogP contribution is -2.52. The van der Waals surface area contributed by atoms with Crippen LogP contribution >= 0.6 is 11.6 Å². The number of alkyl halides is 2. The van der Waals surface area contributed by atoms with Crippen LogP contribution in [0.15, 0.2) is 24.3 Å². The smallest absolute Gasteiger partial charge is 0.262 e. The molecule has 2 heterocycles. The van der Waals surface area contributed by atoms with Crippen LogP contribution in [-0.4, -0.2) is 60.4 Å². The second-order valence-electron chi connectivity index (χ2n) is 6.22. The average molecular weight is 344 g/mol. The molecule has 1 amide bonds. The maximum atomic E-state index is 13.2. The minimum Gasteiger partial charge on any atom is -0.339 e. The van der Waals surface area contributed by atoms with Crippen molar-refractivity contribution in [2.75, 3.05) is 32.7 Å². The molecule has 7 heteroatoms. The lowest BCUT2D eigenvalue weighted by atomic mass is 10.1. The topological polar surface area (TPSA) is 35.6 Å². The number of amides is 1. The van der Waals surface area contributed by atoms with Crippen molar-refractivity contribution in [3.8, 4) is 0 Å². The molecule has 2 saturated heterocycles. The van der Waals surface area contributed by atoms with Crippen LogP contribution in [0, 0.1) is 0 Å². The van der Waals surface area contributed by atoms with Crippen LogP contribution in [0.3, 0.4) is 0 Å². The third-order valence-corrected chi connectivity index (χ3v) is 4.62. The zero-order valence-electron chi connectivity index (χ0n) is 12.8. The Bertz CT molecular complexity index is 576. The molecule has 23 heavy (non-hydrogen) atoms. The molecular weight excluding hydrogens is 324 g/mol. The van der Waals surface area contributed by atoms with Crippen LogP contribution in [0.2, 0.25) is 5.02 Å². The van der Waals surface area contributed by atoms with E-state index >= 15 is 0 Å². The fourth-order valence-electron chi connectivity index (χ4n) is 3.13. The normalized spacial score (nSPS) is 24.8. The summed E-state index contributed by atoms with van der Waals surface area (Å²) in [5.74, 6) is -2.97. The van der Waals surface area contributed by atoms with Gasteiger partial charge in [-0.2, -0.15) is 0 Å². The number of benzene rings is 1. The van der Waals surface area contributed by atoms with Gasteiger partial charge >= 0.3 is 0 Å². The quantitative estimate of drug-likeness (QED) is 0.911. The van der Waals surface area contributed by atoms with Crippen LogP contribution in [0.5, 0.6) is 0 Å². The van der Waals surface area contributed by atoms with E-state index in [1.165, 1.54) is 0 Å². The summed E-state index contributed by atoms with van der Waals surface area (Å²) in [6, 6.07) is 6.97. The summed E-state index contributed by atoms with van der Waals surface area (Å²) in [7, 11) is 0. The van der Waals surface area contributed by atoms with E-state index in [1.807, 2.05) is 24.3 Å². The summed E-state index contributed by atoms with van der Waals surface area (Å²) in [5.41, 5.74) is 1.13. The Morgan fingerprint density at radius 1 is 1.30 bits per heavy atom. The molecular formula is C16H20ClF2N3O. The highest BCUT2D eigenvalue weighted by molar-refractivity contribution is 6.30. The van der Waals surface area contributed by atoms with E-state index in [4.69, 9.17) is 11.6 Å². The summed E-state index contributed by atoms with van der Waals surface area (Å²) in [6.07, 6.45) is -0.394. The number of hydrogen-bond donors (Lipinski definition) is 1. The number of hydrogen-bond acceptors (Lipinski definition) is 3. The Morgan fingerprint density at radius 2 is 2.04 bits per heavy atom. The Balaban J connectivity index is 1.49. The van der Waals surface area contributed by atoms with Gasteiger partial charge in [0, 0.05) is 44.2 Å². The monoisotopic (exact) mass is 343 g/mol. The highest BCUT2D eigenvalue weighted by atomic mass is 35.5. The molecule has 0 aliphatic carbocycles. The molecule has 126 valence electrons. The minimum atomic E-state index is -2.77. The van der Waals surface area contributed by atoms with Crippen LogP contribution < -0.4 is 5.32 Å². The van der Waals surface area contributed by atoms with Crippen molar-refractivity contribution in [3.05, 3.63) is 34.9 Å². The van der Waals surface area contributed by atoms with Crippen LogP contribution in [0.1, 0.15) is 12.0 Å². The zero-order chi connectivity index (χ0) is 16.4. The molecule has 0 bridgehead atoms. The van der Waals surface area contributed by atoms with Crippen molar-refractivity contribution >= 4 is 17.5 Å². The van der Waals surface area contributed by atoms with Gasteiger partial charge in [0.05, 0.1) is 12.6 Å². The molecule has 3 rings (SSSR count). The number of piperazine rings is 1. The van der Waals surface area contributed by atoms with Gasteiger partial charge in [-0.15, -0.1) is 0 Å². The summed E-state index contributed by atoms with van der Waals surface area (Å²) >= 11 is 5.98. The molecule has 1 aromatic rings. The number of rotatable bonds is 3. The summed E-state index contributed by atoms with van der Waals surface area (Å²) in [6.45, 7) is 3.00. The second kappa shape index (κ2) is 6.71.